The van der Waals surface area contributed by atoms with Crippen molar-refractivity contribution in [2.45, 2.75) is 13.3 Å². The van der Waals surface area contributed by atoms with Crippen molar-refractivity contribution in [3.63, 3.8) is 0 Å². The van der Waals surface area contributed by atoms with Crippen molar-refractivity contribution in [1.29, 1.82) is 0 Å². The molecule has 0 spiro atoms. The first-order valence-electron chi connectivity index (χ1n) is 8.12. The lowest BCUT2D eigenvalue weighted by molar-refractivity contribution is 0.0827. The number of nitrogens with zero attached hydrogens (tertiary/aromatic N) is 1. The predicted octanol–water partition coefficient (Wildman–Crippen LogP) is 3.82. The molecule has 132 valence electrons. The maximum Gasteiger partial charge on any atom is 0.323 e. The van der Waals surface area contributed by atoms with Crippen LogP contribution in [-0.4, -0.2) is 37.5 Å². The molecule has 2 N–H and O–H groups in total. The number of hydrogen-bond donors (Lipinski definition) is 2. The van der Waals surface area contributed by atoms with Crippen LogP contribution in [0, 0.1) is 0 Å². The Morgan fingerprint density at radius 1 is 1.04 bits per heavy atom. The van der Waals surface area contributed by atoms with Gasteiger partial charge in [0.15, 0.2) is 0 Å². The number of urea groups is 1. The minimum atomic E-state index is -0.401. The summed E-state index contributed by atoms with van der Waals surface area (Å²) < 4.78 is 5.62. The van der Waals surface area contributed by atoms with Crippen LogP contribution in [0.2, 0.25) is 0 Å². The van der Waals surface area contributed by atoms with Gasteiger partial charge in [-0.3, -0.25) is 4.79 Å². The van der Waals surface area contributed by atoms with E-state index in [2.05, 4.69) is 10.6 Å². The summed E-state index contributed by atoms with van der Waals surface area (Å²) in [5, 5.41) is 5.50. The molecule has 2 aromatic carbocycles. The highest BCUT2D eigenvalue weighted by Crippen LogP contribution is 2.24. The van der Waals surface area contributed by atoms with Crippen molar-refractivity contribution in [3.8, 4) is 5.75 Å². The predicted molar refractivity (Wildman–Crippen MR) is 99.3 cm³/mol. The van der Waals surface area contributed by atoms with Crippen LogP contribution in [0.1, 0.15) is 23.7 Å². The summed E-state index contributed by atoms with van der Waals surface area (Å²) in [4.78, 5) is 25.7. The summed E-state index contributed by atoms with van der Waals surface area (Å²) in [5.74, 6) is 0.499. The minimum absolute atomic E-state index is 0.123. The molecule has 0 saturated carbocycles. The van der Waals surface area contributed by atoms with E-state index in [9.17, 15) is 9.59 Å². The van der Waals surface area contributed by atoms with Gasteiger partial charge >= 0.3 is 6.03 Å². The van der Waals surface area contributed by atoms with Crippen LogP contribution in [0.25, 0.3) is 0 Å². The third-order valence-corrected chi connectivity index (χ3v) is 3.37. The fourth-order valence-electron chi connectivity index (χ4n) is 2.18. The van der Waals surface area contributed by atoms with Gasteiger partial charge in [0.2, 0.25) is 0 Å². The number of anilines is 2. The first-order valence-corrected chi connectivity index (χ1v) is 8.12. The number of rotatable bonds is 6. The summed E-state index contributed by atoms with van der Waals surface area (Å²) in [5.41, 5.74) is 1.64. The Bertz CT molecular complexity index is 744. The second-order valence-corrected chi connectivity index (χ2v) is 5.70. The third kappa shape index (κ3) is 5.24. The van der Waals surface area contributed by atoms with Crippen molar-refractivity contribution in [3.05, 3.63) is 54.1 Å². The van der Waals surface area contributed by atoms with Crippen molar-refractivity contribution < 1.29 is 14.3 Å². The molecule has 2 rings (SSSR count). The molecule has 0 aromatic heterocycles. The summed E-state index contributed by atoms with van der Waals surface area (Å²) in [7, 11) is 3.37. The fraction of sp³-hybridized carbons (Fsp3) is 0.263. The largest absolute Gasteiger partial charge is 0.491 e. The van der Waals surface area contributed by atoms with E-state index >= 15 is 0 Å². The maximum atomic E-state index is 12.2. The molecule has 0 aliphatic heterocycles. The van der Waals surface area contributed by atoms with E-state index in [-0.39, 0.29) is 5.91 Å². The van der Waals surface area contributed by atoms with E-state index in [1.165, 1.54) is 4.90 Å². The van der Waals surface area contributed by atoms with E-state index in [0.717, 1.165) is 6.42 Å². The lowest BCUT2D eigenvalue weighted by Gasteiger charge is -2.14. The van der Waals surface area contributed by atoms with Crippen molar-refractivity contribution in [2.24, 2.45) is 0 Å². The smallest absolute Gasteiger partial charge is 0.323 e. The molecule has 2 aromatic rings. The van der Waals surface area contributed by atoms with Gasteiger partial charge in [0.25, 0.3) is 5.91 Å². The van der Waals surface area contributed by atoms with Gasteiger partial charge in [0.1, 0.15) is 5.75 Å². The van der Waals surface area contributed by atoms with E-state index in [1.807, 2.05) is 25.1 Å². The number of amides is 3. The molecule has 0 bridgehead atoms. The first kappa shape index (κ1) is 18.3. The zero-order valence-electron chi connectivity index (χ0n) is 14.7. The van der Waals surface area contributed by atoms with E-state index < -0.39 is 6.03 Å². The number of carbonyl (C=O) groups excluding carboxylic acids is 2. The van der Waals surface area contributed by atoms with Gasteiger partial charge in [0, 0.05) is 25.3 Å². The molecule has 0 atom stereocenters. The Labute approximate surface area is 147 Å². The molecule has 0 unspecified atom stereocenters. The van der Waals surface area contributed by atoms with Crippen molar-refractivity contribution >= 4 is 23.3 Å². The highest BCUT2D eigenvalue weighted by molar-refractivity contribution is 6.02. The molecule has 6 nitrogen and oxygen atoms in total. The second-order valence-electron chi connectivity index (χ2n) is 5.70. The molecule has 0 fully saturated rings. The van der Waals surface area contributed by atoms with Gasteiger partial charge in [-0.2, -0.15) is 0 Å². The molecular weight excluding hydrogens is 318 g/mol. The van der Waals surface area contributed by atoms with Gasteiger partial charge in [0.05, 0.1) is 12.3 Å². The monoisotopic (exact) mass is 341 g/mol. The summed E-state index contributed by atoms with van der Waals surface area (Å²) in [6.45, 7) is 2.60. The van der Waals surface area contributed by atoms with Crippen LogP contribution in [0.3, 0.4) is 0 Å². The lowest BCUT2D eigenvalue weighted by Crippen LogP contribution is -2.23. The first-order chi connectivity index (χ1) is 12.0. The van der Waals surface area contributed by atoms with Crippen molar-refractivity contribution in [1.82, 2.24) is 4.90 Å². The number of para-hydroxylation sites is 2. The van der Waals surface area contributed by atoms with E-state index in [4.69, 9.17) is 4.74 Å². The highest BCUT2D eigenvalue weighted by Gasteiger charge is 2.11. The SMILES string of the molecule is CCCOc1ccccc1NC(=O)Nc1cccc(C(=O)N(C)C)c1. The normalized spacial score (nSPS) is 10.0. The van der Waals surface area contributed by atoms with E-state index in [1.54, 1.807) is 44.4 Å². The van der Waals surface area contributed by atoms with Gasteiger partial charge in [-0.15, -0.1) is 0 Å². The molecule has 0 saturated heterocycles. The summed E-state index contributed by atoms with van der Waals surface area (Å²) in [6, 6.07) is 13.7. The molecule has 25 heavy (non-hydrogen) atoms. The quantitative estimate of drug-likeness (QED) is 0.839. The standard InChI is InChI=1S/C19H23N3O3/c1-4-12-25-17-11-6-5-10-16(17)21-19(24)20-15-9-7-8-14(13-15)18(23)22(2)3/h5-11,13H,4,12H2,1-3H3,(H2,20,21,24). The number of ether oxygens (including phenoxy) is 1. The third-order valence-electron chi connectivity index (χ3n) is 3.37. The average molecular weight is 341 g/mol. The minimum Gasteiger partial charge on any atom is -0.491 e. The summed E-state index contributed by atoms with van der Waals surface area (Å²) >= 11 is 0. The molecule has 6 heteroatoms. The van der Waals surface area contributed by atoms with Crippen LogP contribution >= 0.6 is 0 Å². The van der Waals surface area contributed by atoms with Gasteiger partial charge in [-0.25, -0.2) is 4.79 Å². The Balaban J connectivity index is 2.06. The van der Waals surface area contributed by atoms with Crippen LogP contribution in [0.5, 0.6) is 5.75 Å². The maximum absolute atomic E-state index is 12.2. The fourth-order valence-corrected chi connectivity index (χ4v) is 2.18. The van der Waals surface area contributed by atoms with Crippen LogP contribution < -0.4 is 15.4 Å². The zero-order chi connectivity index (χ0) is 18.2. The number of carbonyl (C=O) groups is 2. The Morgan fingerprint density at radius 3 is 2.52 bits per heavy atom. The van der Waals surface area contributed by atoms with Crippen LogP contribution in [0.15, 0.2) is 48.5 Å². The van der Waals surface area contributed by atoms with Gasteiger partial charge in [-0.1, -0.05) is 25.1 Å². The molecular formula is C19H23N3O3. The number of hydrogen-bond acceptors (Lipinski definition) is 3. The van der Waals surface area contributed by atoms with Gasteiger partial charge < -0.3 is 20.3 Å². The van der Waals surface area contributed by atoms with Crippen LogP contribution in [0.4, 0.5) is 16.2 Å². The topological polar surface area (TPSA) is 70.7 Å². The lowest BCUT2D eigenvalue weighted by atomic mass is 10.2. The van der Waals surface area contributed by atoms with Gasteiger partial charge in [-0.05, 0) is 36.8 Å². The highest BCUT2D eigenvalue weighted by atomic mass is 16.5. The Kier molecular flexibility index (Phi) is 6.39. The van der Waals surface area contributed by atoms with Crippen molar-refractivity contribution in [2.75, 3.05) is 31.3 Å². The average Bonchev–Trinajstić information content (AvgIpc) is 2.60. The molecule has 0 radical (unpaired) electrons. The second kappa shape index (κ2) is 8.73. The Morgan fingerprint density at radius 2 is 1.80 bits per heavy atom. The number of nitrogens with one attached hydrogen (secondary N) is 2. The zero-order valence-corrected chi connectivity index (χ0v) is 14.7. The molecule has 3 amide bonds. The molecule has 0 aliphatic carbocycles. The molecule has 0 aliphatic rings. The molecule has 0 heterocycles. The van der Waals surface area contributed by atoms with E-state index in [0.29, 0.717) is 29.3 Å². The Hall–Kier alpha value is -3.02. The number of benzene rings is 2. The summed E-state index contributed by atoms with van der Waals surface area (Å²) in [6.07, 6.45) is 0.882. The van der Waals surface area contributed by atoms with Crippen LogP contribution in [-0.2, 0) is 0 Å².